The number of hydrogen-bond donors (Lipinski definition) is 5. The summed E-state index contributed by atoms with van der Waals surface area (Å²) in [5.74, 6) is 0.107. The number of hydrogen-bond acceptors (Lipinski definition) is 9. The maximum atomic E-state index is 10.4. The highest BCUT2D eigenvalue weighted by Gasteiger charge is 2.53. The van der Waals surface area contributed by atoms with E-state index in [9.17, 15) is 15.3 Å². The van der Waals surface area contributed by atoms with Crippen molar-refractivity contribution in [3.05, 3.63) is 12.7 Å². The zero-order chi connectivity index (χ0) is 15.2. The Morgan fingerprint density at radius 1 is 1.43 bits per heavy atom. The Morgan fingerprint density at radius 3 is 2.81 bits per heavy atom. The molecule has 1 saturated heterocycles. The molecule has 0 unspecified atom stereocenters. The molecule has 0 spiro atoms. The highest BCUT2D eigenvalue weighted by atomic mass is 16.6. The van der Waals surface area contributed by atoms with Crippen LogP contribution in [0.4, 0.5) is 5.82 Å². The Labute approximate surface area is 118 Å². The normalized spacial score (nSPS) is 32.7. The van der Waals surface area contributed by atoms with Crippen LogP contribution in [0.1, 0.15) is 13.2 Å². The van der Waals surface area contributed by atoms with Gasteiger partial charge in [-0.25, -0.2) is 15.0 Å². The van der Waals surface area contributed by atoms with Crippen LogP contribution >= 0.6 is 0 Å². The van der Waals surface area contributed by atoms with Crippen LogP contribution in [0, 0.1) is 0 Å². The fourth-order valence-electron chi connectivity index (χ4n) is 2.50. The molecule has 3 rings (SSSR count). The summed E-state index contributed by atoms with van der Waals surface area (Å²) in [5, 5.41) is 38.6. The number of ether oxygens (including phenoxy) is 1. The number of fused-ring (bicyclic) bond motifs is 1. The lowest BCUT2D eigenvalue weighted by Crippen LogP contribution is -2.44. The summed E-state index contributed by atoms with van der Waals surface area (Å²) < 4.78 is 6.91. The molecule has 0 radical (unpaired) electrons. The van der Waals surface area contributed by atoms with Gasteiger partial charge in [-0.3, -0.25) is 15.3 Å². The molecule has 1 aliphatic rings. The van der Waals surface area contributed by atoms with Gasteiger partial charge in [0.15, 0.2) is 23.2 Å². The molecule has 10 heteroatoms. The van der Waals surface area contributed by atoms with Gasteiger partial charge in [-0.1, -0.05) is 0 Å². The van der Waals surface area contributed by atoms with E-state index >= 15 is 0 Å². The minimum Gasteiger partial charge on any atom is -0.394 e. The summed E-state index contributed by atoms with van der Waals surface area (Å²) in [6.45, 7) is 0.967. The smallest absolute Gasteiger partial charge is 0.181 e. The Morgan fingerprint density at radius 2 is 2.19 bits per heavy atom. The lowest BCUT2D eigenvalue weighted by Gasteiger charge is -2.27. The highest BCUT2D eigenvalue weighted by molar-refractivity contribution is 5.82. The van der Waals surface area contributed by atoms with E-state index in [1.165, 1.54) is 24.1 Å². The van der Waals surface area contributed by atoms with Crippen LogP contribution in [0.2, 0.25) is 0 Å². The van der Waals surface area contributed by atoms with Gasteiger partial charge < -0.3 is 20.1 Å². The summed E-state index contributed by atoms with van der Waals surface area (Å²) in [7, 11) is 0. The third-order valence-electron chi connectivity index (χ3n) is 3.65. The predicted octanol–water partition coefficient (Wildman–Crippen LogP) is -1.37. The monoisotopic (exact) mass is 297 g/mol. The summed E-state index contributed by atoms with van der Waals surface area (Å²) in [4.78, 5) is 11.9. The molecule has 0 aliphatic carbocycles. The van der Waals surface area contributed by atoms with Gasteiger partial charge in [-0.15, -0.1) is 0 Å². The molecule has 114 valence electrons. The van der Waals surface area contributed by atoms with Crippen molar-refractivity contribution in [1.29, 1.82) is 0 Å². The molecule has 0 saturated carbocycles. The molecule has 0 bridgehead atoms. The average Bonchev–Trinajstić information content (AvgIpc) is 2.99. The molecule has 10 nitrogen and oxygen atoms in total. The third-order valence-corrected chi connectivity index (χ3v) is 3.65. The molecule has 5 N–H and O–H groups in total. The molecule has 2 aromatic rings. The van der Waals surface area contributed by atoms with Gasteiger partial charge in [0.2, 0.25) is 0 Å². The fourth-order valence-corrected chi connectivity index (χ4v) is 2.50. The van der Waals surface area contributed by atoms with Crippen molar-refractivity contribution in [2.24, 2.45) is 0 Å². The van der Waals surface area contributed by atoms with E-state index in [-0.39, 0.29) is 11.3 Å². The lowest BCUT2D eigenvalue weighted by molar-refractivity contribution is -0.0950. The van der Waals surface area contributed by atoms with Gasteiger partial charge in [-0.2, -0.15) is 0 Å². The second-order valence-electron chi connectivity index (χ2n) is 5.04. The number of aliphatic hydroxyl groups is 3. The van der Waals surface area contributed by atoms with E-state index in [4.69, 9.17) is 9.94 Å². The van der Waals surface area contributed by atoms with Gasteiger partial charge in [0.25, 0.3) is 0 Å². The third kappa shape index (κ3) is 1.96. The molecule has 4 atom stereocenters. The topological polar surface area (TPSA) is 146 Å². The maximum Gasteiger partial charge on any atom is 0.181 e. The van der Waals surface area contributed by atoms with Crippen molar-refractivity contribution in [3.8, 4) is 0 Å². The molecular weight excluding hydrogens is 282 g/mol. The van der Waals surface area contributed by atoms with Crippen molar-refractivity contribution in [1.82, 2.24) is 19.5 Å². The Balaban J connectivity index is 2.09. The predicted molar refractivity (Wildman–Crippen MR) is 68.4 cm³/mol. The van der Waals surface area contributed by atoms with Crippen LogP contribution in [0.5, 0.6) is 0 Å². The lowest BCUT2D eigenvalue weighted by atomic mass is 9.96. The fraction of sp³-hybridized carbons (Fsp3) is 0.545. The van der Waals surface area contributed by atoms with E-state index in [0.29, 0.717) is 5.65 Å². The first-order valence-corrected chi connectivity index (χ1v) is 6.25. The number of nitrogens with zero attached hydrogens (tertiary/aromatic N) is 4. The van der Waals surface area contributed by atoms with Gasteiger partial charge in [-0.05, 0) is 6.92 Å². The second kappa shape index (κ2) is 4.86. The molecule has 2 aromatic heterocycles. The summed E-state index contributed by atoms with van der Waals surface area (Å²) in [5.41, 5.74) is 0.846. The number of imidazole rings is 1. The molecular formula is C11H15N5O5. The standard InChI is InChI=1S/C11H15N5O5/c1-11(19)7(18)5(2-17)21-10(11)16-4-14-6-8(15-20)12-3-13-9(6)16/h3-5,7,10,17-20H,2H2,1H3,(H,12,13,15)/t5-,7-,10+,11-/m1/s1. The SMILES string of the molecule is C[C@@]1(O)[C@H](O)[C@@H](CO)O[C@@H]1n1cnc2c(NO)ncnc21. The molecule has 1 fully saturated rings. The van der Waals surface area contributed by atoms with Crippen LogP contribution < -0.4 is 5.48 Å². The number of aromatic nitrogens is 4. The van der Waals surface area contributed by atoms with Gasteiger partial charge in [0.1, 0.15) is 24.1 Å². The number of aliphatic hydroxyl groups excluding tert-OH is 2. The number of anilines is 1. The van der Waals surface area contributed by atoms with Crippen LogP contribution in [-0.2, 0) is 4.74 Å². The molecule has 1 aliphatic heterocycles. The molecule has 21 heavy (non-hydrogen) atoms. The summed E-state index contributed by atoms with van der Waals surface area (Å²) in [6, 6.07) is 0. The van der Waals surface area contributed by atoms with Crippen molar-refractivity contribution < 1.29 is 25.3 Å². The number of rotatable bonds is 3. The van der Waals surface area contributed by atoms with Crippen LogP contribution in [-0.4, -0.2) is 64.5 Å². The van der Waals surface area contributed by atoms with Gasteiger partial charge in [0.05, 0.1) is 12.9 Å². The first-order valence-electron chi connectivity index (χ1n) is 6.25. The minimum atomic E-state index is -1.64. The van der Waals surface area contributed by atoms with Crippen molar-refractivity contribution in [2.75, 3.05) is 12.1 Å². The van der Waals surface area contributed by atoms with Crippen LogP contribution in [0.3, 0.4) is 0 Å². The zero-order valence-corrected chi connectivity index (χ0v) is 11.1. The Kier molecular flexibility index (Phi) is 3.26. The first-order chi connectivity index (χ1) is 10.0. The van der Waals surface area contributed by atoms with E-state index in [2.05, 4.69) is 15.0 Å². The quantitative estimate of drug-likeness (QED) is 0.433. The number of nitrogens with one attached hydrogen (secondary N) is 1. The Hall–Kier alpha value is -1.85. The van der Waals surface area contributed by atoms with Crippen LogP contribution in [0.15, 0.2) is 12.7 Å². The summed E-state index contributed by atoms with van der Waals surface area (Å²) in [6.07, 6.45) is -0.605. The van der Waals surface area contributed by atoms with E-state index in [1.54, 1.807) is 0 Å². The molecule has 3 heterocycles. The van der Waals surface area contributed by atoms with Crippen molar-refractivity contribution in [2.45, 2.75) is 31.0 Å². The van der Waals surface area contributed by atoms with Crippen LogP contribution in [0.25, 0.3) is 11.2 Å². The minimum absolute atomic E-state index is 0.107. The van der Waals surface area contributed by atoms with E-state index in [0.717, 1.165) is 0 Å². The average molecular weight is 297 g/mol. The van der Waals surface area contributed by atoms with Gasteiger partial charge >= 0.3 is 0 Å². The Bertz CT molecular complexity index is 659. The molecule has 0 amide bonds. The van der Waals surface area contributed by atoms with Crippen molar-refractivity contribution >= 4 is 17.0 Å². The highest BCUT2D eigenvalue weighted by Crippen LogP contribution is 2.39. The molecule has 0 aromatic carbocycles. The van der Waals surface area contributed by atoms with E-state index < -0.39 is 30.6 Å². The van der Waals surface area contributed by atoms with E-state index in [1.807, 2.05) is 5.48 Å². The zero-order valence-electron chi connectivity index (χ0n) is 11.1. The maximum absolute atomic E-state index is 10.4. The van der Waals surface area contributed by atoms with Gasteiger partial charge in [0, 0.05) is 0 Å². The summed E-state index contributed by atoms with van der Waals surface area (Å²) >= 11 is 0. The second-order valence-corrected chi connectivity index (χ2v) is 5.04. The largest absolute Gasteiger partial charge is 0.394 e. The van der Waals surface area contributed by atoms with Crippen molar-refractivity contribution in [3.63, 3.8) is 0 Å². The first kappa shape index (κ1) is 14.1.